The molecule has 4 N–H and O–H groups in total. The molecule has 0 aromatic carbocycles. The second-order valence-electron chi connectivity index (χ2n) is 3.78. The molecule has 1 saturated heterocycles. The van der Waals surface area contributed by atoms with E-state index < -0.39 is 0 Å². The molecule has 0 aromatic rings. The Hall–Kier alpha value is -0.730. The average Bonchev–Trinajstić information content (AvgIpc) is 1.85. The van der Waals surface area contributed by atoms with Crippen molar-refractivity contribution in [2.75, 3.05) is 13.1 Å². The quantitative estimate of drug-likeness (QED) is 0.381. The Kier molecular flexibility index (Phi) is 2.37. The van der Waals surface area contributed by atoms with E-state index in [-0.39, 0.29) is 0 Å². The van der Waals surface area contributed by atoms with Gasteiger partial charge in [0.1, 0.15) is 0 Å². The summed E-state index contributed by atoms with van der Waals surface area (Å²) in [7, 11) is 0. The van der Waals surface area contributed by atoms with E-state index in [1.165, 1.54) is 6.42 Å². The van der Waals surface area contributed by atoms with Gasteiger partial charge in [0.05, 0.1) is 13.1 Å². The van der Waals surface area contributed by atoms with Gasteiger partial charge in [0.15, 0.2) is 0 Å². The number of nitrogens with zero attached hydrogens (tertiary/aromatic N) is 1. The van der Waals surface area contributed by atoms with Crippen LogP contribution in [0.1, 0.15) is 20.3 Å². The number of piperidine rings is 1. The molecule has 11 heavy (non-hydrogen) atoms. The van der Waals surface area contributed by atoms with E-state index in [0.717, 1.165) is 24.9 Å². The topological polar surface area (TPSA) is 55.0 Å². The van der Waals surface area contributed by atoms with Crippen LogP contribution < -0.4 is 11.5 Å². The van der Waals surface area contributed by atoms with Crippen molar-refractivity contribution in [3.63, 3.8) is 0 Å². The zero-order valence-electron chi connectivity index (χ0n) is 7.38. The molecule has 2 atom stereocenters. The monoisotopic (exact) mass is 156 g/mol. The van der Waals surface area contributed by atoms with Gasteiger partial charge in [0.2, 0.25) is 0 Å². The number of nitrogens with two attached hydrogens (primary N) is 2. The van der Waals surface area contributed by atoms with Crippen molar-refractivity contribution in [1.82, 2.24) is 0 Å². The molecule has 1 fully saturated rings. The molecule has 1 heterocycles. The molecule has 64 valence electrons. The Morgan fingerprint density at radius 2 is 1.64 bits per heavy atom. The Bertz CT molecular complexity index is 158. The van der Waals surface area contributed by atoms with Gasteiger partial charge < -0.3 is 0 Å². The smallest absolute Gasteiger partial charge is 0.291 e. The largest absolute Gasteiger partial charge is 0.341 e. The molecule has 3 nitrogen and oxygen atoms in total. The van der Waals surface area contributed by atoms with Crippen LogP contribution >= 0.6 is 0 Å². The molecule has 0 unspecified atom stereocenters. The highest BCUT2D eigenvalue weighted by molar-refractivity contribution is 5.70. The summed E-state index contributed by atoms with van der Waals surface area (Å²) in [5.41, 5.74) is 11.0. The molecule has 0 radical (unpaired) electrons. The van der Waals surface area contributed by atoms with Crippen LogP contribution in [-0.2, 0) is 0 Å². The molecule has 0 aliphatic carbocycles. The summed E-state index contributed by atoms with van der Waals surface area (Å²) in [6, 6.07) is 0. The lowest BCUT2D eigenvalue weighted by atomic mass is 9.93. The van der Waals surface area contributed by atoms with E-state index in [1.807, 2.05) is 0 Å². The lowest BCUT2D eigenvalue weighted by molar-refractivity contribution is -0.554. The maximum Gasteiger partial charge on any atom is 0.341 e. The summed E-state index contributed by atoms with van der Waals surface area (Å²) < 4.78 is 2.07. The zero-order valence-corrected chi connectivity index (χ0v) is 7.38. The zero-order chi connectivity index (χ0) is 8.43. The SMILES string of the molecule is C[C@@H]1C[C@@H](C)C[N+](=C(N)N)C1. The van der Waals surface area contributed by atoms with Gasteiger partial charge in [-0.05, 0) is 18.3 Å². The second-order valence-corrected chi connectivity index (χ2v) is 3.78. The first kappa shape index (κ1) is 8.37. The van der Waals surface area contributed by atoms with Crippen LogP contribution in [0.2, 0.25) is 0 Å². The van der Waals surface area contributed by atoms with Crippen LogP contribution in [0, 0.1) is 11.8 Å². The molecule has 0 spiro atoms. The third-order valence-electron chi connectivity index (χ3n) is 2.23. The maximum absolute atomic E-state index is 5.51. The first-order chi connectivity index (χ1) is 5.09. The Morgan fingerprint density at radius 3 is 2.00 bits per heavy atom. The molecule has 0 saturated carbocycles. The van der Waals surface area contributed by atoms with Gasteiger partial charge in [-0.3, -0.25) is 16.0 Å². The van der Waals surface area contributed by atoms with Crippen LogP contribution in [0.4, 0.5) is 0 Å². The first-order valence-corrected chi connectivity index (χ1v) is 4.22. The Labute approximate surface area is 68.1 Å². The van der Waals surface area contributed by atoms with Crippen molar-refractivity contribution in [3.8, 4) is 0 Å². The van der Waals surface area contributed by atoms with Gasteiger partial charge in [-0.1, -0.05) is 13.8 Å². The van der Waals surface area contributed by atoms with Gasteiger partial charge in [-0.25, -0.2) is 0 Å². The van der Waals surface area contributed by atoms with Crippen molar-refractivity contribution < 1.29 is 4.58 Å². The fourth-order valence-electron chi connectivity index (χ4n) is 1.87. The molecular formula is C8H18N3+. The molecule has 0 bridgehead atoms. The van der Waals surface area contributed by atoms with Crippen molar-refractivity contribution in [2.45, 2.75) is 20.3 Å². The highest BCUT2D eigenvalue weighted by Gasteiger charge is 2.21. The summed E-state index contributed by atoms with van der Waals surface area (Å²) in [6.07, 6.45) is 1.30. The molecule has 0 aromatic heterocycles. The number of hydrogen-bond acceptors (Lipinski definition) is 0. The highest BCUT2D eigenvalue weighted by atomic mass is 15.1. The molecular weight excluding hydrogens is 138 g/mol. The van der Waals surface area contributed by atoms with Crippen LogP contribution in [0.25, 0.3) is 0 Å². The Morgan fingerprint density at radius 1 is 1.18 bits per heavy atom. The number of hydrogen-bond donors (Lipinski definition) is 2. The van der Waals surface area contributed by atoms with Gasteiger partial charge in [0.25, 0.3) is 0 Å². The van der Waals surface area contributed by atoms with Crippen LogP contribution in [0.15, 0.2) is 0 Å². The molecule has 1 rings (SSSR count). The second kappa shape index (κ2) is 3.11. The molecule has 0 amide bonds. The Balaban J connectivity index is 2.64. The standard InChI is InChI=1S/C8H17N3/c1-6-3-7(2)5-11(4-6)8(9)10/h6-7H,3-5H2,1-2H3,(H3,9,10)/p+1/t6-,7-/m1/s1. The van der Waals surface area contributed by atoms with Gasteiger partial charge in [-0.15, -0.1) is 0 Å². The minimum absolute atomic E-state index is 0.475. The van der Waals surface area contributed by atoms with E-state index in [1.54, 1.807) is 0 Å². The van der Waals surface area contributed by atoms with E-state index in [9.17, 15) is 0 Å². The fraction of sp³-hybridized carbons (Fsp3) is 0.875. The van der Waals surface area contributed by atoms with E-state index >= 15 is 0 Å². The van der Waals surface area contributed by atoms with Crippen molar-refractivity contribution in [2.24, 2.45) is 23.3 Å². The van der Waals surface area contributed by atoms with Gasteiger partial charge in [0, 0.05) is 0 Å². The molecule has 1 aliphatic heterocycles. The van der Waals surface area contributed by atoms with Crippen LogP contribution in [0.3, 0.4) is 0 Å². The van der Waals surface area contributed by atoms with Crippen LogP contribution in [-0.4, -0.2) is 23.6 Å². The van der Waals surface area contributed by atoms with E-state index in [2.05, 4.69) is 18.4 Å². The first-order valence-electron chi connectivity index (χ1n) is 4.22. The van der Waals surface area contributed by atoms with Crippen molar-refractivity contribution >= 4 is 5.96 Å². The lowest BCUT2D eigenvalue weighted by Gasteiger charge is -2.25. The summed E-state index contributed by atoms with van der Waals surface area (Å²) in [6.45, 7) is 6.52. The van der Waals surface area contributed by atoms with E-state index in [4.69, 9.17) is 11.5 Å². The highest BCUT2D eigenvalue weighted by Crippen LogP contribution is 2.17. The normalized spacial score (nSPS) is 32.0. The van der Waals surface area contributed by atoms with Crippen molar-refractivity contribution in [3.05, 3.63) is 0 Å². The third kappa shape index (κ3) is 2.10. The predicted molar refractivity (Wildman–Crippen MR) is 46.3 cm³/mol. The van der Waals surface area contributed by atoms with Crippen LogP contribution in [0.5, 0.6) is 0 Å². The maximum atomic E-state index is 5.51. The fourth-order valence-corrected chi connectivity index (χ4v) is 1.87. The third-order valence-corrected chi connectivity index (χ3v) is 2.23. The average molecular weight is 156 g/mol. The summed E-state index contributed by atoms with van der Waals surface area (Å²) in [5, 5.41) is 0. The summed E-state index contributed by atoms with van der Waals surface area (Å²) >= 11 is 0. The number of guanidine groups is 1. The number of rotatable bonds is 0. The van der Waals surface area contributed by atoms with Crippen molar-refractivity contribution in [1.29, 1.82) is 0 Å². The summed E-state index contributed by atoms with van der Waals surface area (Å²) in [5.74, 6) is 1.92. The predicted octanol–water partition coefficient (Wildman–Crippen LogP) is -0.0518. The van der Waals surface area contributed by atoms with Gasteiger partial charge in [-0.2, -0.15) is 0 Å². The summed E-state index contributed by atoms with van der Waals surface area (Å²) in [4.78, 5) is 0. The minimum atomic E-state index is 0.475. The van der Waals surface area contributed by atoms with E-state index in [0.29, 0.717) is 5.96 Å². The lowest BCUT2D eigenvalue weighted by Crippen LogP contribution is -2.43. The molecule has 1 aliphatic rings. The minimum Gasteiger partial charge on any atom is -0.291 e. The van der Waals surface area contributed by atoms with Gasteiger partial charge >= 0.3 is 5.96 Å². The molecule has 3 heteroatoms.